The van der Waals surface area contributed by atoms with E-state index in [1.165, 1.54) is 17.4 Å². The van der Waals surface area contributed by atoms with Crippen LogP contribution in [0.15, 0.2) is 33.8 Å². The Morgan fingerprint density at radius 1 is 1.15 bits per heavy atom. The molecule has 1 aliphatic heterocycles. The highest BCUT2D eigenvalue weighted by molar-refractivity contribution is 7.18. The van der Waals surface area contributed by atoms with E-state index in [0.717, 1.165) is 28.2 Å². The van der Waals surface area contributed by atoms with E-state index in [4.69, 9.17) is 9.47 Å². The predicted molar refractivity (Wildman–Crippen MR) is 136 cm³/mol. The fourth-order valence-electron chi connectivity index (χ4n) is 4.41. The number of aliphatic hydroxyl groups excluding tert-OH is 4. The molecule has 0 aliphatic carbocycles. The molecule has 11 nitrogen and oxygen atoms in total. The van der Waals surface area contributed by atoms with Crippen molar-refractivity contribution in [3.05, 3.63) is 55.6 Å². The van der Waals surface area contributed by atoms with Crippen molar-refractivity contribution in [3.8, 4) is 0 Å². The van der Waals surface area contributed by atoms with Gasteiger partial charge in [0.15, 0.2) is 6.29 Å². The molecule has 1 saturated heterocycles. The Kier molecular flexibility index (Phi) is 7.93. The number of hydrogen-bond acceptors (Lipinski definition) is 12. The largest absolute Gasteiger partial charge is 0.465 e. The van der Waals surface area contributed by atoms with Gasteiger partial charge in [-0.15, -0.1) is 11.3 Å². The van der Waals surface area contributed by atoms with Gasteiger partial charge >= 0.3 is 12.1 Å². The zero-order valence-corrected chi connectivity index (χ0v) is 21.9. The number of thiazole rings is 1. The quantitative estimate of drug-likeness (QED) is 0.227. The topological polar surface area (TPSA) is 164 Å². The van der Waals surface area contributed by atoms with Gasteiger partial charge in [-0.1, -0.05) is 0 Å². The van der Waals surface area contributed by atoms with Gasteiger partial charge in [0.1, 0.15) is 17.2 Å². The minimum Gasteiger partial charge on any atom is -0.465 e. The Hall–Kier alpha value is -2.99. The molecule has 3 aromatic heterocycles. The molecule has 1 aliphatic rings. The van der Waals surface area contributed by atoms with Crippen molar-refractivity contribution < 1.29 is 47.9 Å². The fraction of sp³-hybridized carbons (Fsp3) is 0.417. The molecule has 214 valence electrons. The van der Waals surface area contributed by atoms with Crippen molar-refractivity contribution in [2.45, 2.75) is 43.7 Å². The minimum absolute atomic E-state index is 0.134. The van der Waals surface area contributed by atoms with Crippen LogP contribution in [0.1, 0.15) is 16.3 Å². The van der Waals surface area contributed by atoms with E-state index < -0.39 is 67.0 Å². The maximum atomic E-state index is 13.1. The van der Waals surface area contributed by atoms with Gasteiger partial charge in [-0.25, -0.2) is 9.67 Å². The number of ether oxygens (including phenoxy) is 2. The summed E-state index contributed by atoms with van der Waals surface area (Å²) in [6.45, 7) is -1.26. The third-order valence-corrected chi connectivity index (χ3v) is 8.28. The van der Waals surface area contributed by atoms with Gasteiger partial charge in [-0.2, -0.15) is 29.6 Å². The van der Waals surface area contributed by atoms with E-state index in [2.05, 4.69) is 10.1 Å². The number of rotatable bonds is 7. The lowest BCUT2D eigenvalue weighted by Crippen LogP contribution is -2.56. The third kappa shape index (κ3) is 5.60. The van der Waals surface area contributed by atoms with Gasteiger partial charge in [-0.3, -0.25) is 9.59 Å². The molecule has 0 radical (unpaired) electrons. The molecule has 0 bridgehead atoms. The Balaban J connectivity index is 1.35. The standard InChI is InChI=1S/C24H22F3N3O8S2/c25-24(26,27)10-1-2-17-15(3-10)28-18(40-17)5-30-22(35)13-9-39-8-12(13)14(29-30)4-19(32)37-7-11-20(33)16(6-31)38-23(36)21(11)34/h1-3,8-9,11,16,20-21,23,31,33-34,36H,4-7H2/t11?,16-,20+,21-,23-/m1/s1. The number of halogens is 3. The minimum atomic E-state index is -4.52. The summed E-state index contributed by atoms with van der Waals surface area (Å²) in [5.41, 5.74) is -0.979. The zero-order valence-electron chi connectivity index (χ0n) is 20.3. The first kappa shape index (κ1) is 28.5. The molecular weight excluding hydrogens is 579 g/mol. The summed E-state index contributed by atoms with van der Waals surface area (Å²) in [6, 6.07) is 3.20. The summed E-state index contributed by atoms with van der Waals surface area (Å²) in [5, 5.41) is 48.1. The summed E-state index contributed by atoms with van der Waals surface area (Å²) in [6.07, 6.45) is -10.8. The number of esters is 1. The number of carbonyl (C=O) groups is 1. The summed E-state index contributed by atoms with van der Waals surface area (Å²) in [7, 11) is 0. The molecule has 5 rings (SSSR count). The molecule has 40 heavy (non-hydrogen) atoms. The maximum Gasteiger partial charge on any atom is 0.416 e. The van der Waals surface area contributed by atoms with Gasteiger partial charge < -0.3 is 29.9 Å². The highest BCUT2D eigenvalue weighted by Gasteiger charge is 2.44. The predicted octanol–water partition coefficient (Wildman–Crippen LogP) is 1.27. The van der Waals surface area contributed by atoms with Gasteiger partial charge in [-0.05, 0) is 18.2 Å². The SMILES string of the molecule is O=C(Cc1nn(Cc2nc3cc(C(F)(F)F)ccc3s2)c(=O)c2cscc12)OCC1[C@@H](O)[C@H](O)O[C@H](CO)[C@H]1O. The van der Waals surface area contributed by atoms with Crippen LogP contribution in [0.25, 0.3) is 21.0 Å². The van der Waals surface area contributed by atoms with E-state index >= 15 is 0 Å². The van der Waals surface area contributed by atoms with Gasteiger partial charge in [0.25, 0.3) is 5.56 Å². The van der Waals surface area contributed by atoms with Crippen molar-refractivity contribution in [1.82, 2.24) is 14.8 Å². The van der Waals surface area contributed by atoms with Crippen molar-refractivity contribution in [1.29, 1.82) is 0 Å². The number of alkyl halides is 3. The van der Waals surface area contributed by atoms with Crippen LogP contribution in [-0.2, 0) is 33.4 Å². The number of benzene rings is 1. The Morgan fingerprint density at radius 3 is 2.62 bits per heavy atom. The molecule has 0 spiro atoms. The lowest BCUT2D eigenvalue weighted by Gasteiger charge is -2.39. The number of aliphatic hydroxyl groups is 4. The number of carbonyl (C=O) groups excluding carboxylic acids is 1. The van der Waals surface area contributed by atoms with Crippen molar-refractivity contribution in [2.75, 3.05) is 13.2 Å². The summed E-state index contributed by atoms with van der Waals surface area (Å²) in [4.78, 5) is 30.0. The average Bonchev–Trinajstić information content (AvgIpc) is 3.55. The molecule has 5 atom stereocenters. The first-order valence-electron chi connectivity index (χ1n) is 11.8. The van der Waals surface area contributed by atoms with E-state index in [0.29, 0.717) is 15.1 Å². The molecule has 1 unspecified atom stereocenters. The van der Waals surface area contributed by atoms with Crippen LogP contribution >= 0.6 is 22.7 Å². The zero-order chi connectivity index (χ0) is 28.8. The molecule has 1 aromatic carbocycles. The third-order valence-electron chi connectivity index (χ3n) is 6.52. The van der Waals surface area contributed by atoms with Gasteiger partial charge in [0.2, 0.25) is 0 Å². The number of nitrogens with zero attached hydrogens (tertiary/aromatic N) is 3. The van der Waals surface area contributed by atoms with Crippen LogP contribution in [-0.4, -0.2) is 79.0 Å². The van der Waals surface area contributed by atoms with Gasteiger partial charge in [0.05, 0.1) is 65.1 Å². The van der Waals surface area contributed by atoms with Crippen LogP contribution in [0.3, 0.4) is 0 Å². The van der Waals surface area contributed by atoms with Crippen LogP contribution in [0.2, 0.25) is 0 Å². The average molecular weight is 602 g/mol. The number of hydrogen-bond donors (Lipinski definition) is 4. The second-order valence-electron chi connectivity index (χ2n) is 9.15. The molecule has 4 aromatic rings. The molecule has 4 heterocycles. The monoisotopic (exact) mass is 601 g/mol. The summed E-state index contributed by atoms with van der Waals surface area (Å²) < 4.78 is 50.9. The molecule has 0 amide bonds. The maximum absolute atomic E-state index is 13.1. The second-order valence-corrected chi connectivity index (χ2v) is 11.0. The lowest BCUT2D eigenvalue weighted by atomic mass is 9.90. The molecule has 4 N–H and O–H groups in total. The molecule has 1 fully saturated rings. The highest BCUT2D eigenvalue weighted by atomic mass is 32.1. The first-order chi connectivity index (χ1) is 19.0. The number of thiophene rings is 1. The summed E-state index contributed by atoms with van der Waals surface area (Å²) in [5.74, 6) is -1.93. The van der Waals surface area contributed by atoms with Crippen LogP contribution in [0.4, 0.5) is 13.2 Å². The highest BCUT2D eigenvalue weighted by Crippen LogP contribution is 2.33. The van der Waals surface area contributed by atoms with E-state index in [9.17, 15) is 43.2 Å². The fourth-order valence-corrected chi connectivity index (χ4v) is 6.17. The number of fused-ring (bicyclic) bond motifs is 2. The Bertz CT molecular complexity index is 1600. The van der Waals surface area contributed by atoms with E-state index in [-0.39, 0.29) is 29.6 Å². The smallest absolute Gasteiger partial charge is 0.416 e. The van der Waals surface area contributed by atoms with Crippen LogP contribution in [0.5, 0.6) is 0 Å². The van der Waals surface area contributed by atoms with Crippen LogP contribution < -0.4 is 5.56 Å². The molecule has 0 saturated carbocycles. The van der Waals surface area contributed by atoms with E-state index in [1.807, 2.05) is 0 Å². The first-order valence-corrected chi connectivity index (χ1v) is 13.6. The van der Waals surface area contributed by atoms with E-state index in [1.54, 1.807) is 10.8 Å². The normalized spacial score (nSPS) is 23.6. The molecule has 16 heteroatoms. The summed E-state index contributed by atoms with van der Waals surface area (Å²) >= 11 is 2.32. The second kappa shape index (κ2) is 11.1. The van der Waals surface area contributed by atoms with Crippen molar-refractivity contribution in [2.24, 2.45) is 5.92 Å². The Morgan fingerprint density at radius 2 is 1.90 bits per heavy atom. The molecular formula is C24H22F3N3O8S2. The number of aromatic nitrogens is 3. The van der Waals surface area contributed by atoms with Crippen LogP contribution in [0, 0.1) is 5.92 Å². The van der Waals surface area contributed by atoms with Crippen molar-refractivity contribution in [3.63, 3.8) is 0 Å². The van der Waals surface area contributed by atoms with Crippen molar-refractivity contribution >= 4 is 49.6 Å². The Labute approximate surface area is 230 Å². The van der Waals surface area contributed by atoms with Gasteiger partial charge in [0, 0.05) is 16.1 Å². The lowest BCUT2D eigenvalue weighted by molar-refractivity contribution is -0.278.